The third kappa shape index (κ3) is 3.90. The number of hydrogen-bond donors (Lipinski definition) is 2. The lowest BCUT2D eigenvalue weighted by molar-refractivity contribution is -0.130. The number of amides is 1. The lowest BCUT2D eigenvalue weighted by Gasteiger charge is -2.25. The van der Waals surface area contributed by atoms with E-state index in [0.717, 1.165) is 47.1 Å². The summed E-state index contributed by atoms with van der Waals surface area (Å²) in [5, 5.41) is 0.864. The van der Waals surface area contributed by atoms with Crippen LogP contribution in [0.1, 0.15) is 30.2 Å². The molecule has 1 aromatic heterocycles. The molecule has 174 valence electrons. The third-order valence-corrected chi connectivity index (χ3v) is 8.21. The lowest BCUT2D eigenvalue weighted by atomic mass is 9.92. The maximum Gasteiger partial charge on any atom is 0.229 e. The van der Waals surface area contributed by atoms with Crippen molar-refractivity contribution in [2.45, 2.75) is 32.1 Å². The normalized spacial score (nSPS) is 24.2. The highest BCUT2D eigenvalue weighted by atomic mass is 32.2. The molecule has 1 aliphatic heterocycles. The molecule has 1 amide bonds. The fourth-order valence-electron chi connectivity index (χ4n) is 5.64. The highest BCUT2D eigenvalue weighted by molar-refractivity contribution is 7.92. The summed E-state index contributed by atoms with van der Waals surface area (Å²) in [5.41, 5.74) is 4.51. The van der Waals surface area contributed by atoms with Gasteiger partial charge in [0.25, 0.3) is 0 Å². The minimum atomic E-state index is -3.32. The van der Waals surface area contributed by atoms with Gasteiger partial charge in [0.1, 0.15) is 5.82 Å². The molecule has 33 heavy (non-hydrogen) atoms. The molecule has 2 unspecified atom stereocenters. The molecule has 2 fully saturated rings. The van der Waals surface area contributed by atoms with Gasteiger partial charge in [-0.25, -0.2) is 12.8 Å². The van der Waals surface area contributed by atoms with E-state index in [1.165, 1.54) is 12.1 Å². The second-order valence-corrected chi connectivity index (χ2v) is 11.4. The molecule has 3 aromatic rings. The molecule has 1 aliphatic carbocycles. The van der Waals surface area contributed by atoms with Crippen LogP contribution in [0.5, 0.6) is 0 Å². The largest absolute Gasteiger partial charge is 0.358 e. The van der Waals surface area contributed by atoms with Gasteiger partial charge in [-0.3, -0.25) is 9.52 Å². The Morgan fingerprint density at radius 2 is 1.94 bits per heavy atom. The molecule has 1 saturated carbocycles. The minimum Gasteiger partial charge on any atom is -0.358 e. The number of likely N-dealkylation sites (tertiary alicyclic amines) is 1. The van der Waals surface area contributed by atoms with Crippen LogP contribution in [0.3, 0.4) is 0 Å². The van der Waals surface area contributed by atoms with Crippen molar-refractivity contribution < 1.29 is 17.6 Å². The Hall–Kier alpha value is -2.87. The summed E-state index contributed by atoms with van der Waals surface area (Å²) in [6, 6.07) is 12.3. The van der Waals surface area contributed by atoms with Gasteiger partial charge in [0, 0.05) is 47.2 Å². The molecule has 0 spiro atoms. The van der Waals surface area contributed by atoms with Crippen molar-refractivity contribution in [1.82, 2.24) is 9.88 Å². The van der Waals surface area contributed by atoms with Gasteiger partial charge >= 0.3 is 0 Å². The Morgan fingerprint density at radius 3 is 2.64 bits per heavy atom. The predicted octanol–water partition coefficient (Wildman–Crippen LogP) is 3.97. The molecule has 1 saturated heterocycles. The van der Waals surface area contributed by atoms with Crippen molar-refractivity contribution in [3.05, 3.63) is 65.1 Å². The van der Waals surface area contributed by atoms with Crippen LogP contribution in [-0.4, -0.2) is 43.6 Å². The Kier molecular flexibility index (Phi) is 5.04. The van der Waals surface area contributed by atoms with Gasteiger partial charge in [-0.1, -0.05) is 19.1 Å². The quantitative estimate of drug-likeness (QED) is 0.573. The van der Waals surface area contributed by atoms with Gasteiger partial charge in [0.15, 0.2) is 0 Å². The Bertz CT molecular complexity index is 1350. The number of piperidine rings is 1. The molecule has 0 radical (unpaired) electrons. The number of carbonyl (C=O) groups excluding carboxylic acids is 1. The average Bonchev–Trinajstić information content (AvgIpc) is 3.08. The van der Waals surface area contributed by atoms with Crippen molar-refractivity contribution in [2.75, 3.05) is 24.1 Å². The van der Waals surface area contributed by atoms with Crippen LogP contribution in [0.25, 0.3) is 10.9 Å². The first-order valence-corrected chi connectivity index (χ1v) is 13.1. The summed E-state index contributed by atoms with van der Waals surface area (Å²) in [6.45, 7) is 5.61. The van der Waals surface area contributed by atoms with Gasteiger partial charge in [-0.2, -0.15) is 0 Å². The number of rotatable bonds is 6. The zero-order chi connectivity index (χ0) is 23.5. The van der Waals surface area contributed by atoms with E-state index in [9.17, 15) is 17.6 Å². The number of aromatic amines is 1. The maximum atomic E-state index is 13.6. The number of aromatic nitrogens is 1. The van der Waals surface area contributed by atoms with Gasteiger partial charge in [-0.05, 0) is 66.6 Å². The summed E-state index contributed by atoms with van der Waals surface area (Å²) in [4.78, 5) is 18.2. The van der Waals surface area contributed by atoms with E-state index in [4.69, 9.17) is 0 Å². The van der Waals surface area contributed by atoms with Crippen LogP contribution >= 0.6 is 0 Å². The van der Waals surface area contributed by atoms with Crippen molar-refractivity contribution >= 4 is 32.5 Å². The molecule has 5 rings (SSSR count). The van der Waals surface area contributed by atoms with Crippen LogP contribution in [0.15, 0.2) is 42.5 Å². The van der Waals surface area contributed by atoms with E-state index in [1.54, 1.807) is 12.1 Å². The molecular weight excluding hydrogens is 441 g/mol. The van der Waals surface area contributed by atoms with Crippen LogP contribution in [0.4, 0.5) is 10.1 Å². The molecule has 0 bridgehead atoms. The topological polar surface area (TPSA) is 82.3 Å². The Labute approximate surface area is 193 Å². The number of hydrogen-bond acceptors (Lipinski definition) is 3. The van der Waals surface area contributed by atoms with E-state index in [-0.39, 0.29) is 17.1 Å². The van der Waals surface area contributed by atoms with Crippen molar-refractivity contribution in [3.8, 4) is 0 Å². The first-order valence-electron chi connectivity index (χ1n) is 11.2. The maximum absolute atomic E-state index is 13.6. The van der Waals surface area contributed by atoms with Crippen molar-refractivity contribution in [3.63, 3.8) is 0 Å². The van der Waals surface area contributed by atoms with Gasteiger partial charge in [-0.15, -0.1) is 0 Å². The minimum absolute atomic E-state index is 0.0379. The molecule has 2 heterocycles. The molecule has 6 nitrogen and oxygen atoms in total. The number of aryl methyl sites for hydroxylation is 2. The summed E-state index contributed by atoms with van der Waals surface area (Å²) in [6.07, 6.45) is 2.16. The first kappa shape index (κ1) is 21.9. The summed E-state index contributed by atoms with van der Waals surface area (Å²) < 4.78 is 39.2. The summed E-state index contributed by atoms with van der Waals surface area (Å²) in [5.74, 6) is 0.644. The number of benzene rings is 2. The number of nitrogens with zero attached hydrogens (tertiary/aromatic N) is 1. The van der Waals surface area contributed by atoms with Gasteiger partial charge < -0.3 is 9.88 Å². The smallest absolute Gasteiger partial charge is 0.229 e. The average molecular weight is 470 g/mol. The highest BCUT2D eigenvalue weighted by Gasteiger charge is 2.66. The number of fused-ring (bicyclic) bond motifs is 2. The molecule has 8 heteroatoms. The molecular formula is C25H28FN3O3S. The number of sulfonamides is 1. The van der Waals surface area contributed by atoms with E-state index in [0.29, 0.717) is 30.4 Å². The standard InChI is InChI=1S/C25H28FN3O3S/c1-15-19-12-17(26)7-8-23(19)27-22(15)9-10-24(30)29-13-20-21(14-29)25(20,2)16-5-4-6-18(11-16)28-33(3,31)32/h4-8,11-12,20-21,27-28H,9-10,13-14H2,1-3H3. The zero-order valence-corrected chi connectivity index (χ0v) is 19.8. The first-order chi connectivity index (χ1) is 15.6. The Balaban J connectivity index is 1.22. The fourth-order valence-corrected chi connectivity index (χ4v) is 6.19. The van der Waals surface area contributed by atoms with E-state index in [1.807, 2.05) is 30.0 Å². The van der Waals surface area contributed by atoms with Gasteiger partial charge in [0.05, 0.1) is 6.26 Å². The number of H-pyrrole nitrogens is 1. The van der Waals surface area contributed by atoms with E-state index < -0.39 is 10.0 Å². The van der Waals surface area contributed by atoms with Crippen LogP contribution in [0.2, 0.25) is 0 Å². The van der Waals surface area contributed by atoms with Crippen molar-refractivity contribution in [1.29, 1.82) is 0 Å². The molecule has 2 aliphatic rings. The Morgan fingerprint density at radius 1 is 1.21 bits per heavy atom. The lowest BCUT2D eigenvalue weighted by Crippen LogP contribution is -2.34. The van der Waals surface area contributed by atoms with E-state index >= 15 is 0 Å². The monoisotopic (exact) mass is 469 g/mol. The van der Waals surface area contributed by atoms with Gasteiger partial charge in [0.2, 0.25) is 15.9 Å². The molecule has 2 N–H and O–H groups in total. The number of carbonyl (C=O) groups is 1. The predicted molar refractivity (Wildman–Crippen MR) is 127 cm³/mol. The second-order valence-electron chi connectivity index (χ2n) is 9.67. The molecule has 2 aromatic carbocycles. The SMILES string of the molecule is Cc1c(CCC(=O)N2CC3C(C2)C3(C)c2cccc(NS(C)(=O)=O)c2)[nH]c2ccc(F)cc12. The third-order valence-electron chi connectivity index (χ3n) is 7.60. The van der Waals surface area contributed by atoms with Crippen LogP contribution in [0, 0.1) is 24.6 Å². The number of halogens is 1. The molecule has 2 atom stereocenters. The summed E-state index contributed by atoms with van der Waals surface area (Å²) >= 11 is 0. The fraction of sp³-hybridized carbons (Fsp3) is 0.400. The number of anilines is 1. The van der Waals surface area contributed by atoms with Crippen LogP contribution < -0.4 is 4.72 Å². The number of nitrogens with one attached hydrogen (secondary N) is 2. The second kappa shape index (κ2) is 7.58. The van der Waals surface area contributed by atoms with Crippen molar-refractivity contribution in [2.24, 2.45) is 11.8 Å². The van der Waals surface area contributed by atoms with Crippen LogP contribution in [-0.2, 0) is 26.7 Å². The summed E-state index contributed by atoms with van der Waals surface area (Å²) in [7, 11) is -3.32. The van der Waals surface area contributed by atoms with E-state index in [2.05, 4.69) is 16.6 Å². The highest BCUT2D eigenvalue weighted by Crippen LogP contribution is 2.63. The zero-order valence-electron chi connectivity index (χ0n) is 19.0.